The van der Waals surface area contributed by atoms with Gasteiger partial charge in [-0.1, -0.05) is 6.08 Å². The summed E-state index contributed by atoms with van der Waals surface area (Å²) in [5.41, 5.74) is 5.09. The second kappa shape index (κ2) is 4.48. The van der Waals surface area contributed by atoms with Crippen molar-refractivity contribution >= 4 is 16.7 Å². The monoisotopic (exact) mass is 308 g/mol. The number of ether oxygens (including phenoxy) is 1. The molecule has 23 heavy (non-hydrogen) atoms. The molecule has 2 aromatic rings. The van der Waals surface area contributed by atoms with Gasteiger partial charge in [-0.05, 0) is 43.0 Å². The van der Waals surface area contributed by atoms with Crippen molar-refractivity contribution in [1.82, 2.24) is 9.88 Å². The minimum atomic E-state index is 0.0658. The molecule has 1 aromatic heterocycles. The molecule has 4 aliphatic heterocycles. The van der Waals surface area contributed by atoms with Crippen molar-refractivity contribution in [3.8, 4) is 5.75 Å². The van der Waals surface area contributed by atoms with E-state index in [0.29, 0.717) is 11.8 Å². The second-order valence-electron chi connectivity index (χ2n) is 6.89. The number of Topliss-reactive ketones (excluding diaryl/α,β-unsaturated/α-hetero) is 1. The number of carbonyl (C=O) groups is 1. The molecule has 4 nitrogen and oxygen atoms in total. The Labute approximate surface area is 135 Å². The summed E-state index contributed by atoms with van der Waals surface area (Å²) in [6.07, 6.45) is 3.90. The van der Waals surface area contributed by atoms with Gasteiger partial charge in [-0.2, -0.15) is 0 Å². The lowest BCUT2D eigenvalue weighted by atomic mass is 9.69. The molecule has 4 bridgehead atoms. The van der Waals surface area contributed by atoms with Crippen LogP contribution in [0, 0.1) is 5.92 Å². The predicted molar refractivity (Wildman–Crippen MR) is 88.7 cm³/mol. The number of methoxy groups -OCH3 is 1. The van der Waals surface area contributed by atoms with Crippen molar-refractivity contribution < 1.29 is 9.53 Å². The zero-order chi connectivity index (χ0) is 15.7. The number of fused-ring (bicyclic) bond motifs is 4. The number of hydrogen-bond donors (Lipinski definition) is 1. The Bertz CT molecular complexity index is 864. The zero-order valence-electron chi connectivity index (χ0n) is 13.4. The van der Waals surface area contributed by atoms with Gasteiger partial charge in [0.1, 0.15) is 5.75 Å². The number of carbonyl (C=O) groups excluding carboxylic acids is 1. The topological polar surface area (TPSA) is 45.3 Å². The van der Waals surface area contributed by atoms with E-state index < -0.39 is 0 Å². The number of benzene rings is 1. The third-order valence-corrected chi connectivity index (χ3v) is 5.99. The summed E-state index contributed by atoms with van der Waals surface area (Å²) in [5.74, 6) is 1.43. The fraction of sp³-hybridized carbons (Fsp3) is 0.421. The van der Waals surface area contributed by atoms with Gasteiger partial charge in [-0.3, -0.25) is 9.69 Å². The normalized spacial score (nSPS) is 33.3. The van der Waals surface area contributed by atoms with Gasteiger partial charge >= 0.3 is 0 Å². The number of ketones is 1. The molecule has 0 radical (unpaired) electrons. The highest BCUT2D eigenvalue weighted by molar-refractivity contribution is 5.94. The molecule has 1 aromatic carbocycles. The smallest absolute Gasteiger partial charge is 0.157 e. The van der Waals surface area contributed by atoms with Gasteiger partial charge in [0.2, 0.25) is 0 Å². The molecule has 0 spiro atoms. The molecular formula is C19H20N2O2. The largest absolute Gasteiger partial charge is 0.497 e. The molecule has 3 saturated heterocycles. The van der Waals surface area contributed by atoms with Gasteiger partial charge in [0.25, 0.3) is 0 Å². The number of nitrogens with one attached hydrogen (secondary N) is 1. The summed E-state index contributed by atoms with van der Waals surface area (Å²) in [5, 5.41) is 1.24. The van der Waals surface area contributed by atoms with Gasteiger partial charge in [0.15, 0.2) is 5.78 Å². The highest BCUT2D eigenvalue weighted by atomic mass is 16.5. The Balaban J connectivity index is 1.68. The van der Waals surface area contributed by atoms with Crippen LogP contribution in [0.25, 0.3) is 10.9 Å². The number of aromatic nitrogens is 1. The molecule has 4 heteroatoms. The van der Waals surface area contributed by atoms with E-state index in [-0.39, 0.29) is 12.0 Å². The standard InChI is InChI=1S/C19H20N2O2/c1-3-10-9-21-16-7-13(10)19(22)17(21)8-14-12-5-4-11(23-2)6-15(12)20-18(14)16/h3-6,13,16-17,20H,7-9H2,1-2H3/b10-3-/t13-,16+,17+/m1/s1. The first-order chi connectivity index (χ1) is 11.2. The van der Waals surface area contributed by atoms with Crippen molar-refractivity contribution in [2.24, 2.45) is 5.92 Å². The molecule has 0 amide bonds. The van der Waals surface area contributed by atoms with Crippen LogP contribution >= 0.6 is 0 Å². The lowest BCUT2D eigenvalue weighted by molar-refractivity contribution is -0.137. The molecular weight excluding hydrogens is 288 g/mol. The average Bonchev–Trinajstić information content (AvgIpc) is 2.95. The van der Waals surface area contributed by atoms with E-state index in [9.17, 15) is 4.79 Å². The maximum absolute atomic E-state index is 12.8. The molecule has 4 atom stereocenters. The SMILES string of the molecule is C/C=C1/CN2[C@H]3Cc4c([nH]c5cc(OC)ccc45)[C@@H]2C[C@H]1C3=O. The zero-order valence-corrected chi connectivity index (χ0v) is 13.4. The van der Waals surface area contributed by atoms with Crippen LogP contribution < -0.4 is 4.74 Å². The first-order valence-corrected chi connectivity index (χ1v) is 8.34. The summed E-state index contributed by atoms with van der Waals surface area (Å²) in [6.45, 7) is 3.00. The highest BCUT2D eigenvalue weighted by Crippen LogP contribution is 2.50. The number of hydrogen-bond acceptors (Lipinski definition) is 3. The lowest BCUT2D eigenvalue weighted by Crippen LogP contribution is -2.60. The predicted octanol–water partition coefficient (Wildman–Crippen LogP) is 2.99. The Morgan fingerprint density at radius 3 is 3.00 bits per heavy atom. The van der Waals surface area contributed by atoms with Gasteiger partial charge in [0.05, 0.1) is 19.2 Å². The number of rotatable bonds is 1. The highest BCUT2D eigenvalue weighted by Gasteiger charge is 2.52. The van der Waals surface area contributed by atoms with Gasteiger partial charge in [-0.25, -0.2) is 0 Å². The molecule has 4 aliphatic rings. The number of allylic oxidation sites excluding steroid dienone is 1. The van der Waals surface area contributed by atoms with Crippen molar-refractivity contribution in [3.63, 3.8) is 0 Å². The summed E-state index contributed by atoms with van der Waals surface area (Å²) in [4.78, 5) is 18.9. The van der Waals surface area contributed by atoms with Gasteiger partial charge < -0.3 is 9.72 Å². The van der Waals surface area contributed by atoms with Crippen LogP contribution in [-0.4, -0.2) is 35.4 Å². The fourth-order valence-corrected chi connectivity index (χ4v) is 4.84. The maximum atomic E-state index is 12.8. The van der Waals surface area contributed by atoms with E-state index in [0.717, 1.165) is 30.7 Å². The van der Waals surface area contributed by atoms with Crippen molar-refractivity contribution in [1.29, 1.82) is 0 Å². The van der Waals surface area contributed by atoms with E-state index in [1.54, 1.807) is 7.11 Å². The van der Waals surface area contributed by atoms with Gasteiger partial charge in [0, 0.05) is 35.1 Å². The second-order valence-corrected chi connectivity index (χ2v) is 6.89. The Hall–Kier alpha value is -2.07. The van der Waals surface area contributed by atoms with Crippen LogP contribution in [0.4, 0.5) is 0 Å². The van der Waals surface area contributed by atoms with Crippen LogP contribution in [0.1, 0.15) is 30.6 Å². The third-order valence-electron chi connectivity index (χ3n) is 5.99. The minimum absolute atomic E-state index is 0.0658. The van der Waals surface area contributed by atoms with E-state index in [4.69, 9.17) is 4.74 Å². The summed E-state index contributed by atoms with van der Waals surface area (Å²) < 4.78 is 5.34. The molecule has 6 rings (SSSR count). The summed E-state index contributed by atoms with van der Waals surface area (Å²) >= 11 is 0. The molecule has 0 saturated carbocycles. The number of H-pyrrole nitrogens is 1. The van der Waals surface area contributed by atoms with E-state index >= 15 is 0 Å². The molecule has 1 N–H and O–H groups in total. The quantitative estimate of drug-likeness (QED) is 0.824. The van der Waals surface area contributed by atoms with Crippen LogP contribution in [0.3, 0.4) is 0 Å². The maximum Gasteiger partial charge on any atom is 0.157 e. The van der Waals surface area contributed by atoms with Crippen molar-refractivity contribution in [2.45, 2.75) is 31.8 Å². The van der Waals surface area contributed by atoms with Gasteiger partial charge in [-0.15, -0.1) is 0 Å². The minimum Gasteiger partial charge on any atom is -0.497 e. The third kappa shape index (κ3) is 1.62. The van der Waals surface area contributed by atoms with Crippen LogP contribution in [0.2, 0.25) is 0 Å². The first kappa shape index (κ1) is 13.4. The van der Waals surface area contributed by atoms with Crippen molar-refractivity contribution in [2.75, 3.05) is 13.7 Å². The van der Waals surface area contributed by atoms with Crippen molar-refractivity contribution in [3.05, 3.63) is 41.1 Å². The molecule has 3 fully saturated rings. The Morgan fingerprint density at radius 2 is 2.22 bits per heavy atom. The lowest BCUT2D eigenvalue weighted by Gasteiger charge is -2.53. The molecule has 1 unspecified atom stereocenters. The summed E-state index contributed by atoms with van der Waals surface area (Å²) in [6, 6.07) is 6.61. The van der Waals surface area contributed by atoms with Crippen LogP contribution in [0.15, 0.2) is 29.8 Å². The van der Waals surface area contributed by atoms with Crippen LogP contribution in [0.5, 0.6) is 5.75 Å². The number of piperidine rings is 3. The Kier molecular flexibility index (Phi) is 2.61. The fourth-order valence-electron chi connectivity index (χ4n) is 4.84. The summed E-state index contributed by atoms with van der Waals surface area (Å²) in [7, 11) is 1.69. The van der Waals surface area contributed by atoms with Crippen LogP contribution in [-0.2, 0) is 11.2 Å². The Morgan fingerprint density at radius 1 is 1.35 bits per heavy atom. The molecule has 118 valence electrons. The van der Waals surface area contributed by atoms with E-state index in [1.807, 2.05) is 6.07 Å². The van der Waals surface area contributed by atoms with E-state index in [1.165, 1.54) is 22.2 Å². The molecule has 0 aliphatic carbocycles. The van der Waals surface area contributed by atoms with E-state index in [2.05, 4.69) is 35.0 Å². The first-order valence-electron chi connectivity index (χ1n) is 8.34. The number of aromatic amines is 1. The molecule has 5 heterocycles. The number of nitrogens with zero attached hydrogens (tertiary/aromatic N) is 1. The average molecular weight is 308 g/mol.